The van der Waals surface area contributed by atoms with Crippen LogP contribution in [0.2, 0.25) is 0 Å². The molecule has 0 aliphatic carbocycles. The van der Waals surface area contributed by atoms with E-state index in [2.05, 4.69) is 5.32 Å². The lowest BCUT2D eigenvalue weighted by Crippen LogP contribution is -2.37. The molecule has 0 unspecified atom stereocenters. The molecule has 1 heterocycles. The molecule has 1 aromatic rings. The van der Waals surface area contributed by atoms with E-state index in [9.17, 15) is 9.18 Å². The van der Waals surface area contributed by atoms with Crippen LogP contribution in [-0.4, -0.2) is 57.3 Å². The van der Waals surface area contributed by atoms with Crippen molar-refractivity contribution in [2.75, 3.05) is 46.5 Å². The zero-order chi connectivity index (χ0) is 17.9. The lowest BCUT2D eigenvalue weighted by Gasteiger charge is -2.25. The number of benzene rings is 1. The number of rotatable bonds is 10. The molecule has 1 N–H and O–H groups in total. The number of piperidine rings is 1. The van der Waals surface area contributed by atoms with E-state index < -0.39 is 0 Å². The predicted molar refractivity (Wildman–Crippen MR) is 95.2 cm³/mol. The Kier molecular flexibility index (Phi) is 8.69. The standard InChI is InChI=1S/C19H29FN2O3/c1-24-14-12-22(13-15-25-18-5-3-17(20)4-6-18)19(23)7-2-16-8-10-21-11-9-16/h3-6,16,21H,2,7-15H2,1H3. The molecule has 0 radical (unpaired) electrons. The van der Waals surface area contributed by atoms with Gasteiger partial charge in [-0.15, -0.1) is 0 Å². The molecule has 0 atom stereocenters. The van der Waals surface area contributed by atoms with E-state index >= 15 is 0 Å². The third kappa shape index (κ3) is 7.40. The molecule has 1 aliphatic rings. The minimum absolute atomic E-state index is 0.151. The lowest BCUT2D eigenvalue weighted by molar-refractivity contribution is -0.132. The van der Waals surface area contributed by atoms with Crippen LogP contribution in [0.25, 0.3) is 0 Å². The minimum atomic E-state index is -0.290. The van der Waals surface area contributed by atoms with E-state index in [0.29, 0.717) is 44.4 Å². The Labute approximate surface area is 149 Å². The second kappa shape index (κ2) is 11.1. The first-order chi connectivity index (χ1) is 12.2. The number of halogens is 1. The van der Waals surface area contributed by atoms with Crippen molar-refractivity contribution in [1.82, 2.24) is 10.2 Å². The Hall–Kier alpha value is -1.66. The first-order valence-electron chi connectivity index (χ1n) is 9.05. The summed E-state index contributed by atoms with van der Waals surface area (Å²) in [4.78, 5) is 14.3. The number of hydrogen-bond donors (Lipinski definition) is 1. The van der Waals surface area contributed by atoms with E-state index in [0.717, 1.165) is 32.4 Å². The summed E-state index contributed by atoms with van der Waals surface area (Å²) in [5.74, 6) is 1.11. The van der Waals surface area contributed by atoms with E-state index in [1.165, 1.54) is 12.1 Å². The normalized spacial score (nSPS) is 15.1. The van der Waals surface area contributed by atoms with Gasteiger partial charge in [-0.05, 0) is 62.5 Å². The van der Waals surface area contributed by atoms with Gasteiger partial charge in [0, 0.05) is 20.1 Å². The first-order valence-corrected chi connectivity index (χ1v) is 9.05. The van der Waals surface area contributed by atoms with Gasteiger partial charge in [0.15, 0.2) is 0 Å². The van der Waals surface area contributed by atoms with Gasteiger partial charge in [0.2, 0.25) is 5.91 Å². The fourth-order valence-electron chi connectivity index (χ4n) is 3.02. The van der Waals surface area contributed by atoms with Crippen LogP contribution in [0.3, 0.4) is 0 Å². The Bertz CT molecular complexity index is 504. The van der Waals surface area contributed by atoms with Gasteiger partial charge < -0.3 is 19.7 Å². The molecule has 1 fully saturated rings. The van der Waals surface area contributed by atoms with Crippen molar-refractivity contribution >= 4 is 5.91 Å². The van der Waals surface area contributed by atoms with Crippen LogP contribution in [-0.2, 0) is 9.53 Å². The van der Waals surface area contributed by atoms with Gasteiger partial charge in [0.05, 0.1) is 13.2 Å². The Morgan fingerprint density at radius 3 is 2.56 bits per heavy atom. The van der Waals surface area contributed by atoms with Crippen LogP contribution < -0.4 is 10.1 Å². The smallest absolute Gasteiger partial charge is 0.222 e. The van der Waals surface area contributed by atoms with Crippen molar-refractivity contribution < 1.29 is 18.7 Å². The van der Waals surface area contributed by atoms with E-state index in [4.69, 9.17) is 9.47 Å². The summed E-state index contributed by atoms with van der Waals surface area (Å²) in [6.45, 7) is 4.07. The largest absolute Gasteiger partial charge is 0.492 e. The molecule has 0 spiro atoms. The van der Waals surface area contributed by atoms with Gasteiger partial charge in [-0.25, -0.2) is 4.39 Å². The number of amides is 1. The molecule has 1 aromatic carbocycles. The van der Waals surface area contributed by atoms with Crippen LogP contribution in [0.1, 0.15) is 25.7 Å². The van der Waals surface area contributed by atoms with Crippen molar-refractivity contribution in [2.45, 2.75) is 25.7 Å². The van der Waals surface area contributed by atoms with Gasteiger partial charge in [0.1, 0.15) is 18.2 Å². The number of ether oxygens (including phenoxy) is 2. The Morgan fingerprint density at radius 2 is 1.88 bits per heavy atom. The summed E-state index contributed by atoms with van der Waals surface area (Å²) < 4.78 is 23.6. The molecular weight excluding hydrogens is 323 g/mol. The highest BCUT2D eigenvalue weighted by Gasteiger charge is 2.18. The fourth-order valence-corrected chi connectivity index (χ4v) is 3.02. The highest BCUT2D eigenvalue weighted by atomic mass is 19.1. The van der Waals surface area contributed by atoms with Crippen LogP contribution >= 0.6 is 0 Å². The third-order valence-corrected chi connectivity index (χ3v) is 4.59. The van der Waals surface area contributed by atoms with Gasteiger partial charge >= 0.3 is 0 Å². The zero-order valence-electron chi connectivity index (χ0n) is 15.0. The van der Waals surface area contributed by atoms with Crippen molar-refractivity contribution in [3.8, 4) is 5.75 Å². The van der Waals surface area contributed by atoms with Crippen LogP contribution in [0, 0.1) is 11.7 Å². The molecule has 1 saturated heterocycles. The highest BCUT2D eigenvalue weighted by molar-refractivity contribution is 5.76. The molecule has 0 aromatic heterocycles. The molecule has 25 heavy (non-hydrogen) atoms. The lowest BCUT2D eigenvalue weighted by atomic mass is 9.93. The van der Waals surface area contributed by atoms with E-state index in [1.807, 2.05) is 0 Å². The minimum Gasteiger partial charge on any atom is -0.492 e. The second-order valence-corrected chi connectivity index (χ2v) is 6.41. The summed E-state index contributed by atoms with van der Waals surface area (Å²) in [5.41, 5.74) is 0. The summed E-state index contributed by atoms with van der Waals surface area (Å²) in [6, 6.07) is 5.91. The first kappa shape index (κ1) is 19.7. The van der Waals surface area contributed by atoms with Gasteiger partial charge in [-0.3, -0.25) is 4.79 Å². The topological polar surface area (TPSA) is 50.8 Å². The summed E-state index contributed by atoms with van der Waals surface area (Å²) in [7, 11) is 1.63. The van der Waals surface area contributed by atoms with Crippen LogP contribution in [0.15, 0.2) is 24.3 Å². The number of carbonyl (C=O) groups excluding carboxylic acids is 1. The number of hydrogen-bond acceptors (Lipinski definition) is 4. The molecule has 0 saturated carbocycles. The highest BCUT2D eigenvalue weighted by Crippen LogP contribution is 2.18. The number of methoxy groups -OCH3 is 1. The van der Waals surface area contributed by atoms with E-state index in [-0.39, 0.29) is 11.7 Å². The van der Waals surface area contributed by atoms with Gasteiger partial charge in [-0.1, -0.05) is 0 Å². The zero-order valence-corrected chi connectivity index (χ0v) is 15.0. The number of nitrogens with zero attached hydrogens (tertiary/aromatic N) is 1. The van der Waals surface area contributed by atoms with Crippen molar-refractivity contribution in [1.29, 1.82) is 0 Å². The quantitative estimate of drug-likeness (QED) is 0.703. The maximum absolute atomic E-state index is 12.9. The molecule has 1 amide bonds. The van der Waals surface area contributed by atoms with Gasteiger partial charge in [0.25, 0.3) is 0 Å². The van der Waals surface area contributed by atoms with Crippen molar-refractivity contribution in [3.63, 3.8) is 0 Å². The molecule has 140 valence electrons. The summed E-state index contributed by atoms with van der Waals surface area (Å²) in [5, 5.41) is 3.35. The average molecular weight is 352 g/mol. The van der Waals surface area contributed by atoms with Crippen LogP contribution in [0.4, 0.5) is 4.39 Å². The molecular formula is C19H29FN2O3. The maximum atomic E-state index is 12.9. The molecule has 1 aliphatic heterocycles. The fraction of sp³-hybridized carbons (Fsp3) is 0.632. The number of carbonyl (C=O) groups is 1. The molecule has 0 bridgehead atoms. The maximum Gasteiger partial charge on any atom is 0.222 e. The monoisotopic (exact) mass is 352 g/mol. The number of nitrogens with one attached hydrogen (secondary N) is 1. The summed E-state index contributed by atoms with van der Waals surface area (Å²) >= 11 is 0. The average Bonchev–Trinajstić information content (AvgIpc) is 2.65. The van der Waals surface area contributed by atoms with Crippen molar-refractivity contribution in [3.05, 3.63) is 30.1 Å². The summed E-state index contributed by atoms with van der Waals surface area (Å²) in [6.07, 6.45) is 3.83. The van der Waals surface area contributed by atoms with E-state index in [1.54, 1.807) is 24.1 Å². The second-order valence-electron chi connectivity index (χ2n) is 6.41. The molecule has 5 nitrogen and oxygen atoms in total. The van der Waals surface area contributed by atoms with Crippen molar-refractivity contribution in [2.24, 2.45) is 5.92 Å². The Balaban J connectivity index is 1.75. The predicted octanol–water partition coefficient (Wildman–Crippen LogP) is 2.46. The Morgan fingerprint density at radius 1 is 1.20 bits per heavy atom. The molecule has 6 heteroatoms. The third-order valence-electron chi connectivity index (χ3n) is 4.59. The van der Waals surface area contributed by atoms with Crippen LogP contribution in [0.5, 0.6) is 5.75 Å². The SMILES string of the molecule is COCCN(CCOc1ccc(F)cc1)C(=O)CCC1CCNCC1. The molecule has 2 rings (SSSR count). The van der Waals surface area contributed by atoms with Gasteiger partial charge in [-0.2, -0.15) is 0 Å².